The maximum atomic E-state index is 3.78. The van der Waals surface area contributed by atoms with E-state index in [0.29, 0.717) is 0 Å². The smallest absolute Gasteiger partial charge is 0 e. The minimum absolute atomic E-state index is 0. The third-order valence-electron chi connectivity index (χ3n) is 2.83. The Kier molecular flexibility index (Phi) is 16.1. The van der Waals surface area contributed by atoms with Gasteiger partial charge in [-0.2, -0.15) is 18.7 Å². The van der Waals surface area contributed by atoms with E-state index in [1.54, 1.807) is 0 Å². The van der Waals surface area contributed by atoms with Gasteiger partial charge in [0.1, 0.15) is 0 Å². The molecule has 0 nitrogen and oxygen atoms in total. The van der Waals surface area contributed by atoms with Crippen molar-refractivity contribution in [3.63, 3.8) is 0 Å². The zero-order valence-corrected chi connectivity index (χ0v) is 18.7. The Morgan fingerprint density at radius 1 is 0.895 bits per heavy atom. The fourth-order valence-corrected chi connectivity index (χ4v) is 1.54. The number of hydrogen-bond acceptors (Lipinski definition) is 0. The van der Waals surface area contributed by atoms with Crippen LogP contribution in [0.2, 0.25) is 0 Å². The summed E-state index contributed by atoms with van der Waals surface area (Å²) in [5, 5.41) is 0. The van der Waals surface area contributed by atoms with E-state index in [2.05, 4.69) is 53.3 Å². The summed E-state index contributed by atoms with van der Waals surface area (Å²) in [6.45, 7) is 21.5. The zero-order valence-electron chi connectivity index (χ0n) is 13.0. The summed E-state index contributed by atoms with van der Waals surface area (Å²) in [7, 11) is 0. The summed E-state index contributed by atoms with van der Waals surface area (Å²) >= 11 is 0. The monoisotopic (exact) mass is 410 g/mol. The molecule has 2 aliphatic carbocycles. The van der Waals surface area contributed by atoms with Crippen molar-refractivity contribution in [3.8, 4) is 0 Å². The van der Waals surface area contributed by atoms with E-state index in [1.165, 1.54) is 27.9 Å². The fraction of sp³-hybridized carbons (Fsp3) is 0.294. The molecule has 0 unspecified atom stereocenters. The molecule has 0 aromatic carbocycles. The van der Waals surface area contributed by atoms with Crippen LogP contribution in [0.5, 0.6) is 0 Å². The molecule has 0 amide bonds. The van der Waals surface area contributed by atoms with E-state index in [-0.39, 0.29) is 66.8 Å². The predicted octanol–water partition coefficient (Wildman–Crippen LogP) is 5.63. The van der Waals surface area contributed by atoms with Gasteiger partial charge in [0.05, 0.1) is 0 Å². The predicted molar refractivity (Wildman–Crippen MR) is 81.6 cm³/mol. The van der Waals surface area contributed by atoms with Crippen LogP contribution in [0.1, 0.15) is 36.0 Å². The van der Waals surface area contributed by atoms with Crippen LogP contribution in [-0.4, -0.2) is 0 Å². The third kappa shape index (κ3) is 7.28. The van der Waals surface area contributed by atoms with Crippen molar-refractivity contribution in [1.82, 2.24) is 0 Å². The molecule has 2 aliphatic rings. The van der Waals surface area contributed by atoms with Crippen LogP contribution >= 0.6 is 0 Å². The molecule has 102 valence electrons. The molecule has 2 rings (SSSR count). The molecule has 0 heterocycles. The molecule has 2 radical (unpaired) electrons. The Morgan fingerprint density at radius 3 is 1.37 bits per heavy atom. The van der Waals surface area contributed by atoms with Crippen LogP contribution in [0.25, 0.3) is 0 Å². The van der Waals surface area contributed by atoms with Crippen molar-refractivity contribution < 1.29 is 66.8 Å². The molecule has 0 saturated carbocycles. The summed E-state index contributed by atoms with van der Waals surface area (Å²) in [5.41, 5.74) is 7.55. The molecule has 0 spiro atoms. The molecular formula is C17H26Y2-2. The molecule has 2 heteroatoms. The average molecular weight is 410 g/mol. The van der Waals surface area contributed by atoms with Gasteiger partial charge in [-0.05, 0) is 0 Å². The van der Waals surface area contributed by atoms with Crippen LogP contribution in [0, 0.1) is 12.8 Å². The van der Waals surface area contributed by atoms with Gasteiger partial charge >= 0.3 is 0 Å². The van der Waals surface area contributed by atoms with Gasteiger partial charge < -0.3 is 0 Å². The van der Waals surface area contributed by atoms with Crippen LogP contribution in [0.4, 0.5) is 0 Å². The van der Waals surface area contributed by atoms with Gasteiger partial charge in [-0.15, -0.1) is 53.4 Å². The molecule has 0 aliphatic heterocycles. The van der Waals surface area contributed by atoms with Crippen LogP contribution < -0.4 is 0 Å². The minimum Gasteiger partial charge on any atom is -0.171 e. The first-order valence-electron chi connectivity index (χ1n) is 6.06. The maximum absolute atomic E-state index is 3.78. The summed E-state index contributed by atoms with van der Waals surface area (Å²) in [6.07, 6.45) is 5.99. The summed E-state index contributed by atoms with van der Waals surface area (Å²) in [5.74, 6) is 0. The van der Waals surface area contributed by atoms with Crippen molar-refractivity contribution in [1.29, 1.82) is 0 Å². The molecule has 19 heavy (non-hydrogen) atoms. The van der Waals surface area contributed by atoms with Crippen LogP contribution in [0.15, 0.2) is 59.3 Å². The normalized spacial score (nSPS) is 14.6. The van der Waals surface area contributed by atoms with Gasteiger partial charge in [0, 0.05) is 66.8 Å². The molecular weight excluding hydrogens is 382 g/mol. The average Bonchev–Trinajstić information content (AvgIpc) is 2.33. The Labute approximate surface area is 171 Å². The van der Waals surface area contributed by atoms with Crippen molar-refractivity contribution in [2.45, 2.75) is 34.6 Å². The summed E-state index contributed by atoms with van der Waals surface area (Å²) in [4.78, 5) is 0. The SMILES string of the molecule is C=C1[CH-]C(C)=C1C.C=CC1=C(C)[CH-]C1=C.CC.[3HH].[Y].[Y]. The second-order valence-corrected chi connectivity index (χ2v) is 3.95. The molecule has 0 fully saturated rings. The van der Waals surface area contributed by atoms with Gasteiger partial charge in [-0.25, -0.2) is 0 Å². The summed E-state index contributed by atoms with van der Waals surface area (Å²) in [6, 6.07) is 0. The molecule has 0 aromatic heterocycles. The van der Waals surface area contributed by atoms with Gasteiger partial charge in [-0.3, -0.25) is 0 Å². The van der Waals surface area contributed by atoms with Gasteiger partial charge in [-0.1, -0.05) is 34.6 Å². The summed E-state index contributed by atoms with van der Waals surface area (Å²) < 4.78 is 0. The van der Waals surface area contributed by atoms with Crippen molar-refractivity contribution in [2.75, 3.05) is 0 Å². The van der Waals surface area contributed by atoms with Gasteiger partial charge in [0.15, 0.2) is 0 Å². The molecule has 0 bridgehead atoms. The van der Waals surface area contributed by atoms with Gasteiger partial charge in [0.2, 0.25) is 0 Å². The van der Waals surface area contributed by atoms with Crippen LogP contribution in [-0.2, 0) is 65.4 Å². The minimum atomic E-state index is 0. The first kappa shape index (κ1) is 24.7. The quantitative estimate of drug-likeness (QED) is 0.492. The van der Waals surface area contributed by atoms with E-state index in [9.17, 15) is 0 Å². The number of rotatable bonds is 1. The Hall–Kier alpha value is 0.648. The molecule has 0 atom stereocenters. The van der Waals surface area contributed by atoms with Crippen LogP contribution in [0.3, 0.4) is 0 Å². The van der Waals surface area contributed by atoms with E-state index in [4.69, 9.17) is 0 Å². The second-order valence-electron chi connectivity index (χ2n) is 3.95. The molecule has 0 N–H and O–H groups in total. The largest absolute Gasteiger partial charge is 0.171 e. The fourth-order valence-electron chi connectivity index (χ4n) is 1.54. The Balaban J connectivity index is -0.000000101. The topological polar surface area (TPSA) is 0 Å². The standard InChI is InChI=1S/C8H9.C7H9.C2H6.2Y.H2/c1-4-8-6(2)5-7(8)3;1-5-4-6(2)7(5)3;1-2;;;/h4-5H,1-2H2,3H3;4H,1H2,2-3H3;1-2H3;;;1H/q2*-1;;;;/i;;;;;1+2. The van der Waals surface area contributed by atoms with E-state index >= 15 is 0 Å². The van der Waals surface area contributed by atoms with Gasteiger partial charge in [0.25, 0.3) is 0 Å². The number of allylic oxidation sites excluding steroid dienone is 7. The number of hydrogen-bond donors (Lipinski definition) is 0. The Bertz CT molecular complexity index is 401. The molecule has 0 saturated heterocycles. The van der Waals surface area contributed by atoms with Crippen molar-refractivity contribution in [3.05, 3.63) is 72.1 Å². The van der Waals surface area contributed by atoms with E-state index < -0.39 is 0 Å². The second kappa shape index (κ2) is 12.4. The third-order valence-corrected chi connectivity index (χ3v) is 2.83. The first-order valence-corrected chi connectivity index (χ1v) is 6.06. The zero-order chi connectivity index (χ0) is 13.6. The van der Waals surface area contributed by atoms with E-state index in [0.717, 1.165) is 5.57 Å². The Morgan fingerprint density at radius 2 is 1.32 bits per heavy atom. The maximum Gasteiger partial charge on any atom is 0 e. The van der Waals surface area contributed by atoms with Crippen molar-refractivity contribution >= 4 is 0 Å². The molecule has 0 aromatic rings. The first-order chi connectivity index (χ1) is 7.97. The van der Waals surface area contributed by atoms with E-state index in [1.807, 2.05) is 19.9 Å². The van der Waals surface area contributed by atoms with Crippen molar-refractivity contribution in [2.24, 2.45) is 0 Å².